The maximum atomic E-state index is 10.6. The predicted octanol–water partition coefficient (Wildman–Crippen LogP) is 1.13. The molecule has 0 radical (unpaired) electrons. The summed E-state index contributed by atoms with van der Waals surface area (Å²) in [7, 11) is 0. The van der Waals surface area contributed by atoms with Crippen LogP contribution in [0.1, 0.15) is 17.2 Å². The summed E-state index contributed by atoms with van der Waals surface area (Å²) in [5, 5.41) is 8.78. The summed E-state index contributed by atoms with van der Waals surface area (Å²) in [6.07, 6.45) is 1.56. The maximum Gasteiger partial charge on any atom is 0.325 e. The number of pyridine rings is 1. The highest BCUT2D eigenvalue weighted by Gasteiger charge is 2.17. The molecule has 0 aliphatic heterocycles. The smallest absolute Gasteiger partial charge is 0.325 e. The molecule has 5 heteroatoms. The number of nitrogens with two attached hydrogens (primary N) is 1. The quantitative estimate of drug-likeness (QED) is 0.702. The standard InChI is InChI=1S/C8H9ClN2O2/c1-4-2-5(6(10)8(12)13)7(9)11-3-4/h2-3,6H,10H2,1H3,(H,12,13)/t6-/m0/s1. The Morgan fingerprint density at radius 3 is 2.92 bits per heavy atom. The maximum absolute atomic E-state index is 10.6. The van der Waals surface area contributed by atoms with Gasteiger partial charge in [0.15, 0.2) is 0 Å². The van der Waals surface area contributed by atoms with Gasteiger partial charge in [0.05, 0.1) is 0 Å². The summed E-state index contributed by atoms with van der Waals surface area (Å²) in [4.78, 5) is 14.4. The van der Waals surface area contributed by atoms with Crippen molar-refractivity contribution in [1.82, 2.24) is 4.98 Å². The number of aliphatic carboxylic acids is 1. The van der Waals surface area contributed by atoms with Crippen LogP contribution < -0.4 is 5.73 Å². The van der Waals surface area contributed by atoms with E-state index < -0.39 is 12.0 Å². The van der Waals surface area contributed by atoms with Crippen LogP contribution in [-0.2, 0) is 4.79 Å². The molecule has 1 aromatic heterocycles. The lowest BCUT2D eigenvalue weighted by Gasteiger charge is -2.08. The van der Waals surface area contributed by atoms with Gasteiger partial charge in [0.2, 0.25) is 0 Å². The SMILES string of the molecule is Cc1cnc(Cl)c([C@H](N)C(=O)O)c1. The van der Waals surface area contributed by atoms with E-state index in [1.165, 1.54) is 0 Å². The van der Waals surface area contributed by atoms with Gasteiger partial charge in [-0.25, -0.2) is 4.98 Å². The Hall–Kier alpha value is -1.13. The number of carboxylic acids is 1. The van der Waals surface area contributed by atoms with Crippen LogP contribution >= 0.6 is 11.6 Å². The Bertz CT molecular complexity index is 341. The third-order valence-electron chi connectivity index (χ3n) is 1.60. The Kier molecular flexibility index (Phi) is 2.85. The second-order valence-corrected chi connectivity index (χ2v) is 3.07. The number of hydrogen-bond acceptors (Lipinski definition) is 3. The summed E-state index contributed by atoms with van der Waals surface area (Å²) in [5.74, 6) is -1.12. The number of rotatable bonds is 2. The van der Waals surface area contributed by atoms with Crippen LogP contribution in [0.25, 0.3) is 0 Å². The second-order valence-electron chi connectivity index (χ2n) is 2.71. The van der Waals surface area contributed by atoms with Gasteiger partial charge in [0.1, 0.15) is 11.2 Å². The molecule has 13 heavy (non-hydrogen) atoms. The van der Waals surface area contributed by atoms with Gasteiger partial charge in [-0.05, 0) is 18.6 Å². The monoisotopic (exact) mass is 200 g/mol. The number of halogens is 1. The van der Waals surface area contributed by atoms with Crippen molar-refractivity contribution in [2.24, 2.45) is 5.73 Å². The molecule has 0 fully saturated rings. The Balaban J connectivity index is 3.12. The lowest BCUT2D eigenvalue weighted by Crippen LogP contribution is -2.21. The van der Waals surface area contributed by atoms with E-state index >= 15 is 0 Å². The average molecular weight is 201 g/mol. The van der Waals surface area contributed by atoms with Gasteiger partial charge >= 0.3 is 5.97 Å². The number of nitrogens with zero attached hydrogens (tertiary/aromatic N) is 1. The van der Waals surface area contributed by atoms with Crippen LogP contribution in [0.3, 0.4) is 0 Å². The molecule has 0 saturated carbocycles. The van der Waals surface area contributed by atoms with Crippen molar-refractivity contribution in [2.75, 3.05) is 0 Å². The fraction of sp³-hybridized carbons (Fsp3) is 0.250. The molecule has 0 aliphatic carbocycles. The highest BCUT2D eigenvalue weighted by molar-refractivity contribution is 6.30. The molecule has 4 nitrogen and oxygen atoms in total. The fourth-order valence-corrected chi connectivity index (χ4v) is 1.15. The predicted molar refractivity (Wildman–Crippen MR) is 48.5 cm³/mol. The number of carbonyl (C=O) groups is 1. The van der Waals surface area contributed by atoms with Crippen molar-refractivity contribution < 1.29 is 9.90 Å². The van der Waals surface area contributed by atoms with E-state index in [1.807, 2.05) is 0 Å². The zero-order valence-electron chi connectivity index (χ0n) is 6.99. The summed E-state index contributed by atoms with van der Waals surface area (Å²) in [6, 6.07) is 0.508. The minimum atomic E-state index is -1.12. The molecule has 1 aromatic rings. The fourth-order valence-electron chi connectivity index (χ4n) is 0.926. The average Bonchev–Trinajstić information content (AvgIpc) is 2.08. The first kappa shape index (κ1) is 9.95. The molecule has 0 amide bonds. The van der Waals surface area contributed by atoms with Crippen molar-refractivity contribution in [3.05, 3.63) is 28.5 Å². The Morgan fingerprint density at radius 1 is 1.77 bits per heavy atom. The molecule has 0 unspecified atom stereocenters. The molecule has 1 atom stereocenters. The van der Waals surface area contributed by atoms with Crippen molar-refractivity contribution in [1.29, 1.82) is 0 Å². The summed E-state index contributed by atoms with van der Waals surface area (Å²) >= 11 is 5.68. The van der Waals surface area contributed by atoms with E-state index in [9.17, 15) is 4.79 Å². The topological polar surface area (TPSA) is 76.2 Å². The molecule has 0 spiro atoms. The van der Waals surface area contributed by atoms with Gasteiger partial charge in [-0.2, -0.15) is 0 Å². The van der Waals surface area contributed by atoms with Crippen LogP contribution in [-0.4, -0.2) is 16.1 Å². The van der Waals surface area contributed by atoms with Crippen LogP contribution in [0.5, 0.6) is 0 Å². The lowest BCUT2D eigenvalue weighted by atomic mass is 10.1. The molecule has 1 rings (SSSR count). The van der Waals surface area contributed by atoms with E-state index in [2.05, 4.69) is 4.98 Å². The molecule has 1 heterocycles. The van der Waals surface area contributed by atoms with E-state index in [4.69, 9.17) is 22.4 Å². The minimum absolute atomic E-state index is 0.139. The van der Waals surface area contributed by atoms with E-state index in [-0.39, 0.29) is 5.15 Å². The minimum Gasteiger partial charge on any atom is -0.480 e. The van der Waals surface area contributed by atoms with Crippen molar-refractivity contribution >= 4 is 17.6 Å². The van der Waals surface area contributed by atoms with Gasteiger partial charge in [0, 0.05) is 11.8 Å². The number of aromatic nitrogens is 1. The lowest BCUT2D eigenvalue weighted by molar-refractivity contribution is -0.138. The van der Waals surface area contributed by atoms with E-state index in [0.29, 0.717) is 5.56 Å². The zero-order valence-corrected chi connectivity index (χ0v) is 7.75. The first-order valence-corrected chi connectivity index (χ1v) is 4.00. The highest BCUT2D eigenvalue weighted by atomic mass is 35.5. The van der Waals surface area contributed by atoms with Crippen LogP contribution in [0.15, 0.2) is 12.3 Å². The van der Waals surface area contributed by atoms with Crippen LogP contribution in [0.4, 0.5) is 0 Å². The third kappa shape index (κ3) is 2.17. The first-order chi connectivity index (χ1) is 6.02. The molecule has 3 N–H and O–H groups in total. The summed E-state index contributed by atoms with van der Waals surface area (Å²) < 4.78 is 0. The second kappa shape index (κ2) is 3.72. The third-order valence-corrected chi connectivity index (χ3v) is 1.92. The Morgan fingerprint density at radius 2 is 2.38 bits per heavy atom. The van der Waals surface area contributed by atoms with Gasteiger partial charge in [-0.15, -0.1) is 0 Å². The van der Waals surface area contributed by atoms with Gasteiger partial charge < -0.3 is 10.8 Å². The van der Waals surface area contributed by atoms with Crippen molar-refractivity contribution in [2.45, 2.75) is 13.0 Å². The largest absolute Gasteiger partial charge is 0.480 e. The van der Waals surface area contributed by atoms with Gasteiger partial charge in [0.25, 0.3) is 0 Å². The summed E-state index contributed by atoms with van der Waals surface area (Å²) in [5.41, 5.74) is 6.56. The molecular weight excluding hydrogens is 192 g/mol. The number of carboxylic acid groups (broad SMARTS) is 1. The van der Waals surface area contributed by atoms with Crippen molar-refractivity contribution in [3.8, 4) is 0 Å². The molecular formula is C8H9ClN2O2. The molecule has 70 valence electrons. The van der Waals surface area contributed by atoms with Crippen LogP contribution in [0, 0.1) is 6.92 Å². The molecule has 0 bridgehead atoms. The highest BCUT2D eigenvalue weighted by Crippen LogP contribution is 2.20. The van der Waals surface area contributed by atoms with Gasteiger partial charge in [-0.3, -0.25) is 4.79 Å². The van der Waals surface area contributed by atoms with Gasteiger partial charge in [-0.1, -0.05) is 11.6 Å². The van der Waals surface area contributed by atoms with E-state index in [1.54, 1.807) is 19.2 Å². The number of hydrogen-bond donors (Lipinski definition) is 2. The molecule has 0 saturated heterocycles. The van der Waals surface area contributed by atoms with E-state index in [0.717, 1.165) is 5.56 Å². The normalized spacial score (nSPS) is 12.5. The van der Waals surface area contributed by atoms with Crippen LogP contribution in [0.2, 0.25) is 5.15 Å². The first-order valence-electron chi connectivity index (χ1n) is 3.63. The Labute approximate surface area is 80.3 Å². The molecule has 0 aliphatic rings. The zero-order chi connectivity index (χ0) is 10.0. The number of aryl methyl sites for hydroxylation is 1. The summed E-state index contributed by atoms with van der Waals surface area (Å²) in [6.45, 7) is 1.79. The molecule has 0 aromatic carbocycles. The van der Waals surface area contributed by atoms with Crippen molar-refractivity contribution in [3.63, 3.8) is 0 Å².